The van der Waals surface area contributed by atoms with Crippen LogP contribution in [-0.4, -0.2) is 80.9 Å². The maximum atomic E-state index is 12.8. The Hall–Kier alpha value is -3.48. The smallest absolute Gasteiger partial charge is 0.328 e. The fraction of sp³-hybridized carbons (Fsp3) is 0.429. The van der Waals surface area contributed by atoms with Crippen LogP contribution in [-0.2, 0) is 25.6 Å². The molecule has 0 aliphatic carbocycles. The minimum Gasteiger partial charge on any atom is -0.480 e. The molecule has 5 atom stereocenters. The first-order valence-electron chi connectivity index (χ1n) is 10.3. The Morgan fingerprint density at radius 2 is 1.70 bits per heavy atom. The Labute approximate surface area is 189 Å². The molecule has 2 rings (SSSR count). The number of hydrogen-bond acceptors (Lipinski definition) is 7. The van der Waals surface area contributed by atoms with Crippen molar-refractivity contribution in [2.45, 2.75) is 50.6 Å². The summed E-state index contributed by atoms with van der Waals surface area (Å²) in [6, 6.07) is 3.28. The number of aromatic nitrogens is 1. The summed E-state index contributed by atoms with van der Waals surface area (Å²) < 4.78 is 0. The number of rotatable bonds is 11. The first kappa shape index (κ1) is 25.8. The molecule has 0 radical (unpaired) electrons. The van der Waals surface area contributed by atoms with E-state index < -0.39 is 60.6 Å². The standard InChI is InChI=1S/C21H29N5O7/c1-10(27)17(22)20(31)24-9-16(29)25-15(19(30)26-18(11(2)28)21(32)33)7-12-8-23-14-6-4-3-5-13(12)14/h3-6,8,10-11,15,17-18,23,27-28H,7,9,22H2,1-2H3,(H,24,31)(H,25,29)(H,26,30)(H,32,33). The van der Waals surface area contributed by atoms with Crippen LogP contribution in [0, 0.1) is 0 Å². The first-order chi connectivity index (χ1) is 15.5. The Morgan fingerprint density at radius 3 is 2.30 bits per heavy atom. The van der Waals surface area contributed by atoms with E-state index in [4.69, 9.17) is 5.73 Å². The van der Waals surface area contributed by atoms with E-state index in [1.807, 2.05) is 24.3 Å². The molecule has 1 heterocycles. The van der Waals surface area contributed by atoms with Gasteiger partial charge in [0.25, 0.3) is 0 Å². The number of aromatic amines is 1. The van der Waals surface area contributed by atoms with E-state index in [9.17, 15) is 34.5 Å². The Bertz CT molecular complexity index is 1000. The van der Waals surface area contributed by atoms with Gasteiger partial charge < -0.3 is 42.0 Å². The molecule has 9 N–H and O–H groups in total. The van der Waals surface area contributed by atoms with Gasteiger partial charge in [-0.05, 0) is 25.5 Å². The first-order valence-corrected chi connectivity index (χ1v) is 10.3. The molecule has 0 bridgehead atoms. The predicted octanol–water partition coefficient (Wildman–Crippen LogP) is -2.03. The van der Waals surface area contributed by atoms with Crippen LogP contribution < -0.4 is 21.7 Å². The fourth-order valence-electron chi connectivity index (χ4n) is 3.12. The SMILES string of the molecule is CC(O)C(N)C(=O)NCC(=O)NC(Cc1c[nH]c2ccccc12)C(=O)NC(C(=O)O)C(C)O. The minimum atomic E-state index is -1.58. The number of carbonyl (C=O) groups is 4. The van der Waals surface area contributed by atoms with Crippen molar-refractivity contribution in [3.8, 4) is 0 Å². The average molecular weight is 463 g/mol. The third kappa shape index (κ3) is 7.00. The van der Waals surface area contributed by atoms with Crippen LogP contribution in [0.15, 0.2) is 30.5 Å². The van der Waals surface area contributed by atoms with E-state index in [2.05, 4.69) is 20.9 Å². The molecule has 1 aromatic heterocycles. The zero-order valence-electron chi connectivity index (χ0n) is 18.2. The second kappa shape index (κ2) is 11.4. The van der Waals surface area contributed by atoms with Crippen molar-refractivity contribution < 1.29 is 34.5 Å². The molecule has 2 aromatic rings. The number of carboxylic acids is 1. The van der Waals surface area contributed by atoms with Gasteiger partial charge in [-0.3, -0.25) is 14.4 Å². The van der Waals surface area contributed by atoms with Gasteiger partial charge in [-0.15, -0.1) is 0 Å². The number of aliphatic hydroxyl groups is 2. The van der Waals surface area contributed by atoms with Gasteiger partial charge in [-0.2, -0.15) is 0 Å². The Morgan fingerprint density at radius 1 is 1.03 bits per heavy atom. The third-order valence-electron chi connectivity index (χ3n) is 5.04. The maximum Gasteiger partial charge on any atom is 0.328 e. The summed E-state index contributed by atoms with van der Waals surface area (Å²) in [6.45, 7) is 2.02. The highest BCUT2D eigenvalue weighted by Gasteiger charge is 2.30. The molecule has 0 fully saturated rings. The number of aliphatic carboxylic acids is 1. The number of nitrogens with two attached hydrogens (primary N) is 1. The second-order valence-electron chi connectivity index (χ2n) is 7.73. The van der Waals surface area contributed by atoms with Gasteiger partial charge in [0, 0.05) is 23.5 Å². The second-order valence-corrected chi connectivity index (χ2v) is 7.73. The fourth-order valence-corrected chi connectivity index (χ4v) is 3.12. The van der Waals surface area contributed by atoms with E-state index in [-0.39, 0.29) is 6.42 Å². The van der Waals surface area contributed by atoms with E-state index in [1.54, 1.807) is 6.20 Å². The summed E-state index contributed by atoms with van der Waals surface area (Å²) in [5.74, 6) is -3.74. The largest absolute Gasteiger partial charge is 0.480 e. The lowest BCUT2D eigenvalue weighted by Crippen LogP contribution is -2.56. The van der Waals surface area contributed by atoms with Gasteiger partial charge in [0.2, 0.25) is 17.7 Å². The molecule has 0 spiro atoms. The molecule has 5 unspecified atom stereocenters. The molecule has 180 valence electrons. The number of H-pyrrole nitrogens is 1. The number of para-hydroxylation sites is 1. The number of nitrogens with one attached hydrogen (secondary N) is 4. The predicted molar refractivity (Wildman–Crippen MR) is 118 cm³/mol. The zero-order chi connectivity index (χ0) is 24.7. The summed E-state index contributed by atoms with van der Waals surface area (Å²) in [5, 5.41) is 36.1. The number of fused-ring (bicyclic) bond motifs is 1. The van der Waals surface area contributed by atoms with Crippen molar-refractivity contribution in [1.82, 2.24) is 20.9 Å². The van der Waals surface area contributed by atoms with Crippen LogP contribution in [0.4, 0.5) is 0 Å². The van der Waals surface area contributed by atoms with Crippen molar-refractivity contribution in [3.63, 3.8) is 0 Å². The molecule has 0 aliphatic heterocycles. The number of hydrogen-bond donors (Lipinski definition) is 8. The molecule has 12 nitrogen and oxygen atoms in total. The van der Waals surface area contributed by atoms with E-state index >= 15 is 0 Å². The van der Waals surface area contributed by atoms with Crippen LogP contribution in [0.2, 0.25) is 0 Å². The monoisotopic (exact) mass is 463 g/mol. The zero-order valence-corrected chi connectivity index (χ0v) is 18.2. The van der Waals surface area contributed by atoms with E-state index in [0.717, 1.165) is 10.9 Å². The lowest BCUT2D eigenvalue weighted by Gasteiger charge is -2.23. The van der Waals surface area contributed by atoms with Crippen molar-refractivity contribution in [3.05, 3.63) is 36.0 Å². The topological polar surface area (TPSA) is 207 Å². The number of benzene rings is 1. The van der Waals surface area contributed by atoms with Gasteiger partial charge in [-0.25, -0.2) is 4.79 Å². The highest BCUT2D eigenvalue weighted by Crippen LogP contribution is 2.19. The highest BCUT2D eigenvalue weighted by atomic mass is 16.4. The van der Waals surface area contributed by atoms with E-state index in [1.165, 1.54) is 13.8 Å². The summed E-state index contributed by atoms with van der Waals surface area (Å²) in [4.78, 5) is 51.5. The van der Waals surface area contributed by atoms with Crippen LogP contribution in [0.3, 0.4) is 0 Å². The number of carbonyl (C=O) groups excluding carboxylic acids is 3. The van der Waals surface area contributed by atoms with Crippen molar-refractivity contribution in [2.24, 2.45) is 5.73 Å². The van der Waals surface area contributed by atoms with Gasteiger partial charge in [0.05, 0.1) is 18.8 Å². The number of carboxylic acid groups (broad SMARTS) is 1. The molecule has 3 amide bonds. The van der Waals surface area contributed by atoms with Gasteiger partial charge in [0.1, 0.15) is 12.1 Å². The van der Waals surface area contributed by atoms with Crippen LogP contribution >= 0.6 is 0 Å². The summed E-state index contributed by atoms with van der Waals surface area (Å²) >= 11 is 0. The Kier molecular flexibility index (Phi) is 8.91. The van der Waals surface area contributed by atoms with Crippen LogP contribution in [0.1, 0.15) is 19.4 Å². The van der Waals surface area contributed by atoms with Gasteiger partial charge >= 0.3 is 5.97 Å². The summed E-state index contributed by atoms with van der Waals surface area (Å²) in [6.07, 6.45) is -0.822. The van der Waals surface area contributed by atoms with Gasteiger partial charge in [-0.1, -0.05) is 18.2 Å². The summed E-state index contributed by atoms with van der Waals surface area (Å²) in [5.41, 5.74) is 7.01. The molecule has 0 saturated carbocycles. The minimum absolute atomic E-state index is 0.00880. The van der Waals surface area contributed by atoms with Crippen LogP contribution in [0.5, 0.6) is 0 Å². The molecular weight excluding hydrogens is 434 g/mol. The van der Waals surface area contributed by atoms with Crippen molar-refractivity contribution >= 4 is 34.6 Å². The number of aliphatic hydroxyl groups excluding tert-OH is 2. The quantitative estimate of drug-likeness (QED) is 0.186. The third-order valence-corrected chi connectivity index (χ3v) is 5.04. The Balaban J connectivity index is 2.17. The van der Waals surface area contributed by atoms with E-state index in [0.29, 0.717) is 5.56 Å². The number of amides is 3. The van der Waals surface area contributed by atoms with Gasteiger partial charge in [0.15, 0.2) is 6.04 Å². The highest BCUT2D eigenvalue weighted by molar-refractivity contribution is 5.93. The van der Waals surface area contributed by atoms with Crippen molar-refractivity contribution in [2.75, 3.05) is 6.54 Å². The molecule has 1 aromatic carbocycles. The maximum absolute atomic E-state index is 12.8. The lowest BCUT2D eigenvalue weighted by molar-refractivity contribution is -0.145. The molecule has 12 heteroatoms. The van der Waals surface area contributed by atoms with Crippen molar-refractivity contribution in [1.29, 1.82) is 0 Å². The molecule has 0 saturated heterocycles. The average Bonchev–Trinajstić information content (AvgIpc) is 3.16. The normalized spacial score (nSPS) is 15.7. The van der Waals surface area contributed by atoms with Crippen LogP contribution in [0.25, 0.3) is 10.9 Å². The molecular formula is C21H29N5O7. The molecule has 0 aliphatic rings. The lowest BCUT2D eigenvalue weighted by atomic mass is 10.0. The summed E-state index contributed by atoms with van der Waals surface area (Å²) in [7, 11) is 0. The molecule has 33 heavy (non-hydrogen) atoms.